The van der Waals surface area contributed by atoms with Crippen LogP contribution in [-0.4, -0.2) is 16.8 Å². The van der Waals surface area contributed by atoms with Crippen LogP contribution in [0.3, 0.4) is 0 Å². The van der Waals surface area contributed by atoms with E-state index in [-0.39, 0.29) is 18.4 Å². The number of carbonyl (C=O) groups excluding carboxylic acids is 1. The first-order chi connectivity index (χ1) is 7.54. The van der Waals surface area contributed by atoms with Gasteiger partial charge in [0.15, 0.2) is 17.5 Å². The molecule has 0 aliphatic heterocycles. The molecule has 0 aromatic heterocycles. The van der Waals surface area contributed by atoms with Gasteiger partial charge in [0.25, 0.3) is 0 Å². The number of carbonyl (C=O) groups is 1. The molecule has 0 aliphatic carbocycles. The average Bonchev–Trinajstić information content (AvgIpc) is 2.23. The van der Waals surface area contributed by atoms with Crippen molar-refractivity contribution in [2.24, 2.45) is 0 Å². The van der Waals surface area contributed by atoms with Gasteiger partial charge in [-0.25, -0.2) is 13.2 Å². The molecule has 6 heteroatoms. The van der Waals surface area contributed by atoms with E-state index in [4.69, 9.17) is 5.53 Å². The monoisotopic (exact) mass is 228 g/mol. The van der Waals surface area contributed by atoms with Crippen LogP contribution >= 0.6 is 0 Å². The Morgan fingerprint density at radius 3 is 2.38 bits per heavy atom. The fraction of sp³-hybridized carbons (Fsp3) is 0.200. The minimum atomic E-state index is -1.54. The van der Waals surface area contributed by atoms with Crippen molar-refractivity contribution in [2.45, 2.75) is 12.8 Å². The Kier molecular flexibility index (Phi) is 3.96. The van der Waals surface area contributed by atoms with Crippen molar-refractivity contribution in [1.29, 1.82) is 0 Å². The number of nitrogens with zero attached hydrogens (tertiary/aromatic N) is 2. The van der Waals surface area contributed by atoms with Gasteiger partial charge in [-0.3, -0.25) is 4.79 Å². The molecular formula is C10H7F3N2O. The van der Waals surface area contributed by atoms with Crippen molar-refractivity contribution in [3.63, 3.8) is 0 Å². The van der Waals surface area contributed by atoms with Crippen LogP contribution in [0.1, 0.15) is 12.0 Å². The van der Waals surface area contributed by atoms with Crippen LogP contribution < -0.4 is 0 Å². The molecule has 0 atom stereocenters. The predicted octanol–water partition coefficient (Wildman–Crippen LogP) is 1.91. The van der Waals surface area contributed by atoms with Gasteiger partial charge >= 0.3 is 6.21 Å². The number of halogens is 3. The van der Waals surface area contributed by atoms with Gasteiger partial charge in [0, 0.05) is 6.42 Å². The minimum Gasteiger partial charge on any atom is -0.361 e. The molecule has 16 heavy (non-hydrogen) atoms. The van der Waals surface area contributed by atoms with E-state index >= 15 is 0 Å². The zero-order valence-corrected chi connectivity index (χ0v) is 8.08. The largest absolute Gasteiger partial charge is 0.361 e. The fourth-order valence-corrected chi connectivity index (χ4v) is 1.15. The van der Waals surface area contributed by atoms with Gasteiger partial charge in [0.1, 0.15) is 0 Å². The van der Waals surface area contributed by atoms with Crippen LogP contribution in [0.25, 0.3) is 5.53 Å². The molecule has 0 fully saturated rings. The van der Waals surface area contributed by atoms with Crippen molar-refractivity contribution >= 4 is 12.0 Å². The summed E-state index contributed by atoms with van der Waals surface area (Å²) in [4.78, 5) is 13.4. The number of ketones is 1. The van der Waals surface area contributed by atoms with E-state index in [0.717, 1.165) is 12.1 Å². The lowest BCUT2D eigenvalue weighted by molar-refractivity contribution is -0.116. The van der Waals surface area contributed by atoms with E-state index in [1.165, 1.54) is 0 Å². The molecule has 0 unspecified atom stereocenters. The molecule has 1 aromatic rings. The second-order valence-electron chi connectivity index (χ2n) is 3.08. The van der Waals surface area contributed by atoms with E-state index in [9.17, 15) is 18.0 Å². The van der Waals surface area contributed by atoms with Crippen LogP contribution in [0, 0.1) is 17.5 Å². The Morgan fingerprint density at radius 2 is 1.88 bits per heavy atom. The Bertz CT molecular complexity index is 444. The van der Waals surface area contributed by atoms with Crippen LogP contribution in [0.2, 0.25) is 0 Å². The number of hydrogen-bond donors (Lipinski definition) is 0. The first-order valence-electron chi connectivity index (χ1n) is 4.38. The maximum Gasteiger partial charge on any atom is 0.323 e. The molecule has 1 aromatic carbocycles. The van der Waals surface area contributed by atoms with Crippen molar-refractivity contribution in [3.8, 4) is 0 Å². The number of hydrogen-bond acceptors (Lipinski definition) is 1. The molecule has 0 saturated carbocycles. The number of Topliss-reactive ketones (excluding diaryl/α,β-unsaturated/α-hetero) is 1. The van der Waals surface area contributed by atoms with Gasteiger partial charge in [0.2, 0.25) is 5.78 Å². The minimum absolute atomic E-state index is 0.0406. The predicted molar refractivity (Wildman–Crippen MR) is 49.3 cm³/mol. The molecule has 1 rings (SSSR count). The molecule has 0 saturated heterocycles. The van der Waals surface area contributed by atoms with Gasteiger partial charge in [-0.05, 0) is 24.1 Å². The third kappa shape index (κ3) is 3.03. The molecule has 3 nitrogen and oxygen atoms in total. The zero-order chi connectivity index (χ0) is 12.1. The van der Waals surface area contributed by atoms with Crippen molar-refractivity contribution < 1.29 is 22.8 Å². The first kappa shape index (κ1) is 12.1. The quantitative estimate of drug-likeness (QED) is 0.336. The highest BCUT2D eigenvalue weighted by atomic mass is 19.2. The fourth-order valence-electron chi connectivity index (χ4n) is 1.15. The average molecular weight is 228 g/mol. The topological polar surface area (TPSA) is 53.5 Å². The van der Waals surface area contributed by atoms with Gasteiger partial charge in [0.05, 0.1) is 0 Å². The summed E-state index contributed by atoms with van der Waals surface area (Å²) in [7, 11) is 0. The van der Waals surface area contributed by atoms with Crippen LogP contribution in [0.4, 0.5) is 13.2 Å². The zero-order valence-electron chi connectivity index (χ0n) is 8.08. The van der Waals surface area contributed by atoms with E-state index in [2.05, 4.69) is 4.79 Å². The summed E-state index contributed by atoms with van der Waals surface area (Å²) in [5.74, 6) is -4.61. The highest BCUT2D eigenvalue weighted by Crippen LogP contribution is 2.14. The highest BCUT2D eigenvalue weighted by Gasteiger charge is 2.11. The lowest BCUT2D eigenvalue weighted by Gasteiger charge is -2.00. The molecule has 0 radical (unpaired) electrons. The molecule has 0 N–H and O–H groups in total. The van der Waals surface area contributed by atoms with E-state index in [0.29, 0.717) is 6.21 Å². The summed E-state index contributed by atoms with van der Waals surface area (Å²) in [5.41, 5.74) is 8.20. The molecule has 0 spiro atoms. The van der Waals surface area contributed by atoms with E-state index in [1.807, 2.05) is 0 Å². The summed E-state index contributed by atoms with van der Waals surface area (Å²) in [6, 6.07) is 1.64. The Morgan fingerprint density at radius 1 is 1.31 bits per heavy atom. The first-order valence-corrected chi connectivity index (χ1v) is 4.38. The molecule has 0 aliphatic rings. The number of rotatable bonds is 4. The normalized spacial score (nSPS) is 9.69. The Labute approximate surface area is 89.1 Å². The second-order valence-corrected chi connectivity index (χ2v) is 3.08. The van der Waals surface area contributed by atoms with Crippen molar-refractivity contribution in [2.75, 3.05) is 0 Å². The van der Waals surface area contributed by atoms with Crippen LogP contribution in [0.5, 0.6) is 0 Å². The smallest absolute Gasteiger partial charge is 0.323 e. The van der Waals surface area contributed by atoms with Gasteiger partial charge in [-0.15, -0.1) is 0 Å². The van der Waals surface area contributed by atoms with Crippen LogP contribution in [0.15, 0.2) is 12.1 Å². The van der Waals surface area contributed by atoms with E-state index in [1.54, 1.807) is 0 Å². The summed E-state index contributed by atoms with van der Waals surface area (Å²) < 4.78 is 38.1. The standard InChI is InChI=1S/C10H7F3N2O/c11-8-3-6(4-9(12)10(8)13)1-2-7(16)5-15-14/h3-5H,1-2H2. The molecule has 0 amide bonds. The van der Waals surface area contributed by atoms with Crippen molar-refractivity contribution in [1.82, 2.24) is 0 Å². The second kappa shape index (κ2) is 5.23. The third-order valence-electron chi connectivity index (χ3n) is 1.91. The van der Waals surface area contributed by atoms with E-state index < -0.39 is 23.2 Å². The Balaban J connectivity index is 2.75. The summed E-state index contributed by atoms with van der Waals surface area (Å²) in [6.07, 6.45) is 0.657. The van der Waals surface area contributed by atoms with Gasteiger partial charge < -0.3 is 5.53 Å². The lowest BCUT2D eigenvalue weighted by Crippen LogP contribution is -2.03. The summed E-state index contributed by atoms with van der Waals surface area (Å²) in [6.45, 7) is 0. The number of aryl methyl sites for hydroxylation is 1. The summed E-state index contributed by atoms with van der Waals surface area (Å²) >= 11 is 0. The van der Waals surface area contributed by atoms with Gasteiger partial charge in [-0.1, -0.05) is 0 Å². The Hall–Kier alpha value is -1.94. The summed E-state index contributed by atoms with van der Waals surface area (Å²) in [5, 5.41) is 0. The SMILES string of the molecule is [N-]=[N+]=CC(=O)CCc1cc(F)c(F)c(F)c1. The molecule has 84 valence electrons. The molecular weight excluding hydrogens is 221 g/mol. The molecule has 0 heterocycles. The van der Waals surface area contributed by atoms with Crippen molar-refractivity contribution in [3.05, 3.63) is 40.7 Å². The van der Waals surface area contributed by atoms with Gasteiger partial charge in [-0.2, -0.15) is 4.79 Å². The lowest BCUT2D eigenvalue weighted by atomic mass is 10.1. The maximum absolute atomic E-state index is 12.7. The highest BCUT2D eigenvalue weighted by molar-refractivity contribution is 6.25. The number of benzene rings is 1. The van der Waals surface area contributed by atoms with Crippen LogP contribution in [-0.2, 0) is 11.2 Å². The maximum atomic E-state index is 12.7. The third-order valence-corrected chi connectivity index (χ3v) is 1.91. The molecule has 0 bridgehead atoms.